The van der Waals surface area contributed by atoms with Crippen molar-refractivity contribution in [1.82, 2.24) is 0 Å². The second-order valence-corrected chi connectivity index (χ2v) is 10.9. The van der Waals surface area contributed by atoms with E-state index in [0.717, 1.165) is 20.8 Å². The van der Waals surface area contributed by atoms with Gasteiger partial charge in [-0.2, -0.15) is 0 Å². The monoisotopic (exact) mass is 532 g/mol. The number of carbonyl (C=O) groups is 3. The second-order valence-electron chi connectivity index (χ2n) is 10.5. The lowest BCUT2D eigenvalue weighted by Gasteiger charge is -2.57. The van der Waals surface area contributed by atoms with Gasteiger partial charge in [0.2, 0.25) is 0 Å². The first-order valence-electron chi connectivity index (χ1n) is 11.5. The number of hydrogen-bond donors (Lipinski definition) is 5. The maximum Gasteiger partial charge on any atom is 0.341 e. The van der Waals surface area contributed by atoms with E-state index in [2.05, 4.69) is 0 Å². The van der Waals surface area contributed by atoms with Crippen LogP contribution in [0.15, 0.2) is 22.8 Å². The number of ether oxygens (including phenoxy) is 3. The van der Waals surface area contributed by atoms with Gasteiger partial charge in [0.15, 0.2) is 17.3 Å². The Morgan fingerprint density at radius 3 is 2.11 bits per heavy atom. The lowest BCUT2D eigenvalue weighted by molar-refractivity contribution is -0.261. The second kappa shape index (κ2) is 9.07. The summed E-state index contributed by atoms with van der Waals surface area (Å²) in [6.45, 7) is 7.21. The van der Waals surface area contributed by atoms with E-state index in [1.807, 2.05) is 0 Å². The molecule has 2 unspecified atom stereocenters. The molecule has 2 aliphatic carbocycles. The van der Waals surface area contributed by atoms with Crippen molar-refractivity contribution in [2.24, 2.45) is 11.3 Å². The van der Waals surface area contributed by atoms with E-state index in [1.165, 1.54) is 32.9 Å². The highest BCUT2D eigenvalue weighted by molar-refractivity contribution is 6.31. The fraction of sp³-hybridized carbons (Fsp3) is 0.708. The Balaban J connectivity index is 2.48. The average molecular weight is 533 g/mol. The van der Waals surface area contributed by atoms with Crippen molar-refractivity contribution < 1.29 is 54.1 Å². The van der Waals surface area contributed by atoms with Crippen molar-refractivity contribution in [3.05, 3.63) is 22.8 Å². The van der Waals surface area contributed by atoms with Crippen molar-refractivity contribution in [1.29, 1.82) is 0 Å². The zero-order chi connectivity index (χ0) is 27.6. The van der Waals surface area contributed by atoms with E-state index in [9.17, 15) is 39.9 Å². The van der Waals surface area contributed by atoms with Gasteiger partial charge in [-0.3, -0.25) is 9.59 Å². The SMILES string of the molecule is CC(=O)OC1[C@H]2[C@@](C)(O)[C@H](O)C=C[C@]2(C)[C@H](OC(C)=O)C(O)C/C(C)=C(/Cl)[C@@H]2OC(=O)[C@](C)(O)[C@@]12O. The lowest BCUT2D eigenvalue weighted by Crippen LogP contribution is -2.73. The van der Waals surface area contributed by atoms with Crippen LogP contribution >= 0.6 is 11.6 Å². The number of hydrogen-bond acceptors (Lipinski definition) is 11. The molecule has 3 aliphatic rings. The first-order valence-corrected chi connectivity index (χ1v) is 11.8. The molecule has 3 rings (SSSR count). The number of halogens is 1. The molecule has 1 aliphatic heterocycles. The van der Waals surface area contributed by atoms with Crippen molar-refractivity contribution in [2.75, 3.05) is 0 Å². The third-order valence-corrected chi connectivity index (χ3v) is 8.30. The molecule has 1 heterocycles. The molecule has 1 saturated heterocycles. The van der Waals surface area contributed by atoms with E-state index in [1.54, 1.807) is 0 Å². The van der Waals surface area contributed by atoms with Gasteiger partial charge in [0, 0.05) is 25.2 Å². The normalized spacial score (nSPS) is 48.9. The predicted molar refractivity (Wildman–Crippen MR) is 123 cm³/mol. The number of fused-ring (bicyclic) bond motifs is 2. The molecule has 11 nitrogen and oxygen atoms in total. The largest absolute Gasteiger partial charge is 0.459 e. The molecule has 1 fully saturated rings. The molecule has 0 amide bonds. The molecule has 0 aromatic rings. The van der Waals surface area contributed by atoms with Gasteiger partial charge in [-0.25, -0.2) is 4.79 Å². The van der Waals surface area contributed by atoms with E-state index in [0.29, 0.717) is 0 Å². The van der Waals surface area contributed by atoms with Crippen molar-refractivity contribution in [3.63, 3.8) is 0 Å². The minimum Gasteiger partial charge on any atom is -0.459 e. The van der Waals surface area contributed by atoms with E-state index in [4.69, 9.17) is 25.8 Å². The zero-order valence-electron chi connectivity index (χ0n) is 20.9. The van der Waals surface area contributed by atoms with Crippen LogP contribution in [-0.4, -0.2) is 90.8 Å². The van der Waals surface area contributed by atoms with Crippen molar-refractivity contribution >= 4 is 29.5 Å². The van der Waals surface area contributed by atoms with Gasteiger partial charge >= 0.3 is 17.9 Å². The minimum absolute atomic E-state index is 0.220. The Bertz CT molecular complexity index is 1020. The van der Waals surface area contributed by atoms with Crippen molar-refractivity contribution in [3.8, 4) is 0 Å². The summed E-state index contributed by atoms with van der Waals surface area (Å²) in [5.41, 5.74) is -9.15. The molecular weight excluding hydrogens is 500 g/mol. The maximum absolute atomic E-state index is 12.8. The van der Waals surface area contributed by atoms with Crippen molar-refractivity contribution in [2.45, 2.75) is 95.3 Å². The van der Waals surface area contributed by atoms with Gasteiger partial charge in [0.25, 0.3) is 0 Å². The Morgan fingerprint density at radius 2 is 1.58 bits per heavy atom. The van der Waals surface area contributed by atoms with Crippen LogP contribution in [0.3, 0.4) is 0 Å². The van der Waals surface area contributed by atoms with Crippen LogP contribution < -0.4 is 0 Å². The Morgan fingerprint density at radius 1 is 1.06 bits per heavy atom. The third-order valence-electron chi connectivity index (χ3n) is 7.78. The van der Waals surface area contributed by atoms with Gasteiger partial charge in [-0.1, -0.05) is 36.2 Å². The van der Waals surface area contributed by atoms with Crippen LogP contribution in [0.2, 0.25) is 0 Å². The molecule has 202 valence electrons. The third kappa shape index (κ3) is 4.06. The predicted octanol–water partition coefficient (Wildman–Crippen LogP) is -0.161. The number of carbonyl (C=O) groups excluding carboxylic acids is 3. The zero-order valence-corrected chi connectivity index (χ0v) is 21.6. The quantitative estimate of drug-likeness (QED) is 0.181. The molecular formula is C24H33ClO11. The van der Waals surface area contributed by atoms with Crippen LogP contribution in [0, 0.1) is 11.3 Å². The van der Waals surface area contributed by atoms with E-state index >= 15 is 0 Å². The highest BCUT2D eigenvalue weighted by Crippen LogP contribution is 2.56. The highest BCUT2D eigenvalue weighted by Gasteiger charge is 2.75. The topological polar surface area (TPSA) is 180 Å². The molecule has 0 aromatic carbocycles. The standard InChI is InChI=1S/C24H33ClO11/c1-10-9-13(28)17(34-11(2)26)21(4)8-7-14(29)22(5,31)16(21)19(35-12(3)27)24(33)18(15(10)25)36-20(30)23(24,6)32/h7-8,13-14,16-19,28-29,31-33H,9H2,1-6H3/b15-10+/t13?,14-,16-,17-,18+,19?,21+,22+,23+,24+/m1/s1. The molecule has 0 spiro atoms. The molecule has 0 saturated carbocycles. The van der Waals surface area contributed by atoms with Gasteiger partial charge in [0.1, 0.15) is 18.3 Å². The lowest BCUT2D eigenvalue weighted by atomic mass is 9.54. The van der Waals surface area contributed by atoms with Crippen LogP contribution in [0.25, 0.3) is 0 Å². The molecule has 0 bridgehead atoms. The van der Waals surface area contributed by atoms with Gasteiger partial charge < -0.3 is 39.7 Å². The van der Waals surface area contributed by atoms with Crippen LogP contribution in [0.4, 0.5) is 0 Å². The first-order chi connectivity index (χ1) is 16.3. The van der Waals surface area contributed by atoms with Gasteiger partial charge in [-0.05, 0) is 27.2 Å². The summed E-state index contributed by atoms with van der Waals surface area (Å²) in [6, 6.07) is 0. The number of rotatable bonds is 2. The fourth-order valence-electron chi connectivity index (χ4n) is 5.85. The Hall–Kier alpha value is -2.02. The molecule has 0 aromatic heterocycles. The molecule has 5 N–H and O–H groups in total. The summed E-state index contributed by atoms with van der Waals surface area (Å²) in [6.07, 6.45) is -5.82. The summed E-state index contributed by atoms with van der Waals surface area (Å²) in [5.74, 6) is -4.62. The average Bonchev–Trinajstić information content (AvgIpc) is 2.93. The Kier molecular flexibility index (Phi) is 7.19. The summed E-state index contributed by atoms with van der Waals surface area (Å²) >= 11 is 6.53. The summed E-state index contributed by atoms with van der Waals surface area (Å²) < 4.78 is 16.3. The van der Waals surface area contributed by atoms with E-state index < -0.39 is 76.6 Å². The van der Waals surface area contributed by atoms with Crippen LogP contribution in [-0.2, 0) is 28.6 Å². The molecule has 10 atom stereocenters. The minimum atomic E-state index is -2.79. The highest BCUT2D eigenvalue weighted by atomic mass is 35.5. The number of esters is 3. The fourth-order valence-corrected chi connectivity index (χ4v) is 6.14. The number of aliphatic hydroxyl groups excluding tert-OH is 2. The van der Waals surface area contributed by atoms with Crippen LogP contribution in [0.5, 0.6) is 0 Å². The van der Waals surface area contributed by atoms with Crippen LogP contribution in [0.1, 0.15) is 48.0 Å². The molecule has 12 heteroatoms. The summed E-state index contributed by atoms with van der Waals surface area (Å²) in [4.78, 5) is 37.2. The summed E-state index contributed by atoms with van der Waals surface area (Å²) in [5, 5.41) is 56.7. The van der Waals surface area contributed by atoms with Gasteiger partial charge in [0.05, 0.1) is 16.7 Å². The maximum atomic E-state index is 12.8. The molecule has 0 radical (unpaired) electrons. The smallest absolute Gasteiger partial charge is 0.341 e. The van der Waals surface area contributed by atoms with Gasteiger partial charge in [-0.15, -0.1) is 0 Å². The first kappa shape index (κ1) is 28.5. The molecule has 36 heavy (non-hydrogen) atoms. The summed E-state index contributed by atoms with van der Waals surface area (Å²) in [7, 11) is 0. The Labute approximate surface area is 213 Å². The number of aliphatic hydroxyl groups is 5. The van der Waals surface area contributed by atoms with E-state index in [-0.39, 0.29) is 17.0 Å².